The van der Waals surface area contributed by atoms with Gasteiger partial charge in [-0.25, -0.2) is 4.98 Å². The summed E-state index contributed by atoms with van der Waals surface area (Å²) < 4.78 is 0.914. The van der Waals surface area contributed by atoms with Gasteiger partial charge in [-0.2, -0.15) is 0 Å². The van der Waals surface area contributed by atoms with Crippen LogP contribution in [0.4, 0.5) is 5.13 Å². The molecule has 21 heavy (non-hydrogen) atoms. The number of anilines is 1. The monoisotopic (exact) mass is 367 g/mol. The second-order valence-electron chi connectivity index (χ2n) is 4.34. The van der Waals surface area contributed by atoms with Crippen molar-refractivity contribution in [2.24, 2.45) is 0 Å². The van der Waals surface area contributed by atoms with Crippen molar-refractivity contribution < 1.29 is 9.59 Å². The molecule has 1 aromatic heterocycles. The predicted octanol–water partition coefficient (Wildman–Crippen LogP) is 2.97. The van der Waals surface area contributed by atoms with Gasteiger partial charge in [0.1, 0.15) is 0 Å². The molecule has 0 radical (unpaired) electrons. The maximum Gasteiger partial charge on any atom is 0.251 e. The second-order valence-corrected chi connectivity index (χ2v) is 6.49. The minimum Gasteiger partial charge on any atom is -0.352 e. The molecular formula is C14H14BrN3O2S. The third-order valence-corrected chi connectivity index (χ3v) is 3.97. The first kappa shape index (κ1) is 15.7. The lowest BCUT2D eigenvalue weighted by Crippen LogP contribution is -2.27. The molecule has 2 N–H and O–H groups in total. The number of hydrogen-bond donors (Lipinski definition) is 2. The smallest absolute Gasteiger partial charge is 0.251 e. The van der Waals surface area contributed by atoms with Crippen molar-refractivity contribution in [2.75, 3.05) is 11.9 Å². The van der Waals surface area contributed by atoms with Gasteiger partial charge in [-0.15, -0.1) is 11.3 Å². The molecule has 0 atom stereocenters. The van der Waals surface area contributed by atoms with Gasteiger partial charge in [0.25, 0.3) is 5.91 Å². The molecule has 1 heterocycles. The summed E-state index contributed by atoms with van der Waals surface area (Å²) in [6, 6.07) is 7.04. The van der Waals surface area contributed by atoms with E-state index in [4.69, 9.17) is 0 Å². The molecular weight excluding hydrogens is 354 g/mol. The van der Waals surface area contributed by atoms with Crippen molar-refractivity contribution in [1.82, 2.24) is 10.3 Å². The van der Waals surface area contributed by atoms with Gasteiger partial charge in [0.05, 0.1) is 0 Å². The van der Waals surface area contributed by atoms with Crippen LogP contribution in [0.25, 0.3) is 0 Å². The van der Waals surface area contributed by atoms with Crippen molar-refractivity contribution >= 4 is 44.2 Å². The Morgan fingerprint density at radius 1 is 1.29 bits per heavy atom. The summed E-state index contributed by atoms with van der Waals surface area (Å²) in [7, 11) is 0. The van der Waals surface area contributed by atoms with E-state index in [1.165, 1.54) is 11.3 Å². The first-order chi connectivity index (χ1) is 10.0. The molecule has 2 rings (SSSR count). The lowest BCUT2D eigenvalue weighted by Gasteiger charge is -2.05. The van der Waals surface area contributed by atoms with Crippen molar-refractivity contribution in [3.8, 4) is 0 Å². The second kappa shape index (κ2) is 7.33. The van der Waals surface area contributed by atoms with Gasteiger partial charge in [-0.1, -0.05) is 15.9 Å². The number of nitrogens with one attached hydrogen (secondary N) is 2. The van der Waals surface area contributed by atoms with Gasteiger partial charge in [0, 0.05) is 34.1 Å². The fourth-order valence-electron chi connectivity index (χ4n) is 1.59. The van der Waals surface area contributed by atoms with Crippen LogP contribution in [0.15, 0.2) is 34.9 Å². The number of rotatable bonds is 5. The van der Waals surface area contributed by atoms with Crippen LogP contribution in [-0.2, 0) is 4.79 Å². The molecule has 110 valence electrons. The lowest BCUT2D eigenvalue weighted by molar-refractivity contribution is -0.116. The van der Waals surface area contributed by atoms with Crippen LogP contribution in [0, 0.1) is 6.92 Å². The fourth-order valence-corrected chi connectivity index (χ4v) is 2.53. The largest absolute Gasteiger partial charge is 0.352 e. The highest BCUT2D eigenvalue weighted by Gasteiger charge is 2.08. The number of carbonyl (C=O) groups excluding carboxylic acids is 2. The van der Waals surface area contributed by atoms with Gasteiger partial charge in [-0.05, 0) is 31.2 Å². The number of nitrogens with zero attached hydrogens (tertiary/aromatic N) is 1. The van der Waals surface area contributed by atoms with E-state index in [0.717, 1.165) is 9.35 Å². The minimum atomic E-state index is -0.194. The first-order valence-electron chi connectivity index (χ1n) is 6.30. The van der Waals surface area contributed by atoms with E-state index in [9.17, 15) is 9.59 Å². The zero-order valence-electron chi connectivity index (χ0n) is 11.4. The number of aryl methyl sites for hydroxylation is 1. The van der Waals surface area contributed by atoms with Crippen molar-refractivity contribution in [3.63, 3.8) is 0 Å². The molecule has 0 saturated heterocycles. The van der Waals surface area contributed by atoms with Crippen LogP contribution in [0.5, 0.6) is 0 Å². The van der Waals surface area contributed by atoms with Gasteiger partial charge in [0.2, 0.25) is 5.91 Å². The van der Waals surface area contributed by atoms with Crippen LogP contribution >= 0.6 is 27.3 Å². The molecule has 2 amide bonds. The zero-order chi connectivity index (χ0) is 15.2. The Labute approximate surface area is 134 Å². The van der Waals surface area contributed by atoms with E-state index in [1.807, 2.05) is 6.92 Å². The van der Waals surface area contributed by atoms with E-state index in [2.05, 4.69) is 31.5 Å². The summed E-state index contributed by atoms with van der Waals surface area (Å²) in [5.41, 5.74) is 0.564. The SMILES string of the molecule is Cc1cnc(NC(=O)CCNC(=O)c2ccc(Br)cc2)s1. The molecule has 0 unspecified atom stereocenters. The Kier molecular flexibility index (Phi) is 5.46. The number of benzene rings is 1. The summed E-state index contributed by atoms with van der Waals surface area (Å²) in [5.74, 6) is -0.360. The van der Waals surface area contributed by atoms with Crippen LogP contribution in [0.3, 0.4) is 0 Å². The molecule has 0 aliphatic heterocycles. The third-order valence-electron chi connectivity index (χ3n) is 2.61. The average molecular weight is 368 g/mol. The maximum absolute atomic E-state index is 11.8. The molecule has 0 aliphatic rings. The van der Waals surface area contributed by atoms with Crippen LogP contribution < -0.4 is 10.6 Å². The molecule has 2 aromatic rings. The zero-order valence-corrected chi connectivity index (χ0v) is 13.8. The molecule has 7 heteroatoms. The molecule has 0 fully saturated rings. The Bertz CT molecular complexity index is 640. The van der Waals surface area contributed by atoms with E-state index in [1.54, 1.807) is 30.5 Å². The molecule has 0 saturated carbocycles. The number of thiazole rings is 1. The van der Waals surface area contributed by atoms with Crippen LogP contribution in [0.2, 0.25) is 0 Å². The van der Waals surface area contributed by atoms with E-state index < -0.39 is 0 Å². The van der Waals surface area contributed by atoms with Gasteiger partial charge in [0.15, 0.2) is 5.13 Å². The highest BCUT2D eigenvalue weighted by Crippen LogP contribution is 2.16. The van der Waals surface area contributed by atoms with E-state index in [-0.39, 0.29) is 24.8 Å². The van der Waals surface area contributed by atoms with Crippen LogP contribution in [-0.4, -0.2) is 23.3 Å². The lowest BCUT2D eigenvalue weighted by atomic mass is 10.2. The summed E-state index contributed by atoms with van der Waals surface area (Å²) in [6.45, 7) is 2.21. The normalized spacial score (nSPS) is 10.2. The third kappa shape index (κ3) is 4.95. The standard InChI is InChI=1S/C14H14BrN3O2S/c1-9-8-17-14(21-9)18-12(19)6-7-16-13(20)10-2-4-11(15)5-3-10/h2-5,8H,6-7H2,1H3,(H,16,20)(H,17,18,19). The Morgan fingerprint density at radius 2 is 2.00 bits per heavy atom. The quantitative estimate of drug-likeness (QED) is 0.853. The Hall–Kier alpha value is -1.73. The number of amides is 2. The van der Waals surface area contributed by atoms with Crippen molar-refractivity contribution in [1.29, 1.82) is 0 Å². The highest BCUT2D eigenvalue weighted by molar-refractivity contribution is 9.10. The molecule has 0 bridgehead atoms. The van der Waals surface area contributed by atoms with Gasteiger partial charge < -0.3 is 10.6 Å². The maximum atomic E-state index is 11.8. The Balaban J connectivity index is 1.74. The summed E-state index contributed by atoms with van der Waals surface area (Å²) in [5, 5.41) is 5.98. The highest BCUT2D eigenvalue weighted by atomic mass is 79.9. The molecule has 0 aliphatic carbocycles. The minimum absolute atomic E-state index is 0.166. The van der Waals surface area contributed by atoms with E-state index >= 15 is 0 Å². The predicted molar refractivity (Wildman–Crippen MR) is 86.6 cm³/mol. The first-order valence-corrected chi connectivity index (χ1v) is 7.91. The number of hydrogen-bond acceptors (Lipinski definition) is 4. The van der Waals surface area contributed by atoms with Gasteiger partial charge in [-0.3, -0.25) is 9.59 Å². The average Bonchev–Trinajstić information content (AvgIpc) is 2.84. The van der Waals surface area contributed by atoms with Crippen LogP contribution in [0.1, 0.15) is 21.7 Å². The summed E-state index contributed by atoms with van der Waals surface area (Å²) >= 11 is 4.73. The fraction of sp³-hybridized carbons (Fsp3) is 0.214. The summed E-state index contributed by atoms with van der Waals surface area (Å²) in [6.07, 6.45) is 1.91. The molecule has 5 nitrogen and oxygen atoms in total. The van der Waals surface area contributed by atoms with Crippen molar-refractivity contribution in [2.45, 2.75) is 13.3 Å². The molecule has 1 aromatic carbocycles. The summed E-state index contributed by atoms with van der Waals surface area (Å²) in [4.78, 5) is 28.6. The van der Waals surface area contributed by atoms with Gasteiger partial charge >= 0.3 is 0 Å². The Morgan fingerprint density at radius 3 is 2.62 bits per heavy atom. The topological polar surface area (TPSA) is 71.1 Å². The number of halogens is 1. The van der Waals surface area contributed by atoms with E-state index in [0.29, 0.717) is 10.7 Å². The number of aromatic nitrogens is 1. The molecule has 0 spiro atoms. The number of carbonyl (C=O) groups is 2. The van der Waals surface area contributed by atoms with Crippen molar-refractivity contribution in [3.05, 3.63) is 45.4 Å².